The van der Waals surface area contributed by atoms with Crippen LogP contribution in [0.1, 0.15) is 46.0 Å². The topological polar surface area (TPSA) is 68.4 Å². The number of para-hydroxylation sites is 2. The number of nitrogens with one attached hydrogen (secondary N) is 1. The maximum Gasteiger partial charge on any atom is 0.219 e. The molecule has 0 radical (unpaired) electrons. The fraction of sp³-hybridized carbons (Fsp3) is 0.333. The molecule has 5 nitrogen and oxygen atoms in total. The highest BCUT2D eigenvalue weighted by Crippen LogP contribution is 2.28. The van der Waals surface area contributed by atoms with Crippen LogP contribution in [0.15, 0.2) is 24.3 Å². The van der Waals surface area contributed by atoms with E-state index < -0.39 is 6.10 Å². The van der Waals surface area contributed by atoms with Crippen molar-refractivity contribution in [1.29, 1.82) is 0 Å². The number of H-pyrrole nitrogens is 1. The van der Waals surface area contributed by atoms with E-state index in [4.69, 9.17) is 9.47 Å². The Morgan fingerprint density at radius 2 is 1.74 bits per heavy atom. The predicted molar refractivity (Wildman–Crippen MR) is 87.7 cm³/mol. The zero-order valence-electron chi connectivity index (χ0n) is 14.0. The molecular weight excluding hydrogens is 294 g/mol. The SMILES string of the molecule is COc1ccccc1O[C@@H](C)C(=O)c1[nH]c(C)c(C(C)=O)c1C. The lowest BCUT2D eigenvalue weighted by molar-refractivity contribution is 0.0808. The fourth-order valence-corrected chi connectivity index (χ4v) is 2.69. The van der Waals surface area contributed by atoms with Gasteiger partial charge < -0.3 is 14.5 Å². The molecule has 2 rings (SSSR count). The van der Waals surface area contributed by atoms with Crippen LogP contribution in [0, 0.1) is 13.8 Å². The highest BCUT2D eigenvalue weighted by Gasteiger charge is 2.25. The van der Waals surface area contributed by atoms with Crippen molar-refractivity contribution in [3.05, 3.63) is 46.8 Å². The van der Waals surface area contributed by atoms with Crippen LogP contribution in [0.5, 0.6) is 11.5 Å². The van der Waals surface area contributed by atoms with Crippen LogP contribution in [0.3, 0.4) is 0 Å². The number of aromatic amines is 1. The summed E-state index contributed by atoms with van der Waals surface area (Å²) in [7, 11) is 1.55. The number of aromatic nitrogens is 1. The molecule has 0 saturated carbocycles. The first kappa shape index (κ1) is 16.8. The summed E-state index contributed by atoms with van der Waals surface area (Å²) in [5, 5.41) is 0. The minimum Gasteiger partial charge on any atom is -0.493 e. The number of carbonyl (C=O) groups excluding carboxylic acids is 2. The second kappa shape index (κ2) is 6.69. The molecule has 23 heavy (non-hydrogen) atoms. The Bertz CT molecular complexity index is 745. The normalized spacial score (nSPS) is 11.9. The second-order valence-electron chi connectivity index (χ2n) is 5.46. The summed E-state index contributed by atoms with van der Waals surface area (Å²) < 4.78 is 11.0. The van der Waals surface area contributed by atoms with Crippen molar-refractivity contribution >= 4 is 11.6 Å². The monoisotopic (exact) mass is 315 g/mol. The molecule has 0 spiro atoms. The van der Waals surface area contributed by atoms with Crippen molar-refractivity contribution < 1.29 is 19.1 Å². The Morgan fingerprint density at radius 1 is 1.13 bits per heavy atom. The summed E-state index contributed by atoms with van der Waals surface area (Å²) in [5.41, 5.74) is 2.34. The van der Waals surface area contributed by atoms with Crippen LogP contribution in [0.2, 0.25) is 0 Å². The van der Waals surface area contributed by atoms with Crippen molar-refractivity contribution in [2.24, 2.45) is 0 Å². The van der Waals surface area contributed by atoms with Gasteiger partial charge in [-0.1, -0.05) is 12.1 Å². The third kappa shape index (κ3) is 3.28. The molecule has 1 N–H and O–H groups in total. The van der Waals surface area contributed by atoms with Crippen LogP contribution >= 0.6 is 0 Å². The third-order valence-electron chi connectivity index (χ3n) is 3.78. The van der Waals surface area contributed by atoms with Gasteiger partial charge in [-0.25, -0.2) is 0 Å². The maximum atomic E-state index is 12.6. The zero-order chi connectivity index (χ0) is 17.1. The third-order valence-corrected chi connectivity index (χ3v) is 3.78. The smallest absolute Gasteiger partial charge is 0.219 e. The van der Waals surface area contributed by atoms with Gasteiger partial charge in [0.05, 0.1) is 12.8 Å². The highest BCUT2D eigenvalue weighted by atomic mass is 16.5. The number of hydrogen-bond donors (Lipinski definition) is 1. The average molecular weight is 315 g/mol. The van der Waals surface area contributed by atoms with Crippen molar-refractivity contribution in [3.63, 3.8) is 0 Å². The number of aryl methyl sites for hydroxylation is 1. The van der Waals surface area contributed by atoms with E-state index in [1.165, 1.54) is 6.92 Å². The van der Waals surface area contributed by atoms with Crippen LogP contribution in [-0.2, 0) is 0 Å². The molecular formula is C18H21NO4. The van der Waals surface area contributed by atoms with E-state index in [9.17, 15) is 9.59 Å². The van der Waals surface area contributed by atoms with Gasteiger partial charge in [0.1, 0.15) is 0 Å². The average Bonchev–Trinajstić information content (AvgIpc) is 2.81. The van der Waals surface area contributed by atoms with Gasteiger partial charge in [0, 0.05) is 11.3 Å². The summed E-state index contributed by atoms with van der Waals surface area (Å²) in [6, 6.07) is 7.16. The Hall–Kier alpha value is -2.56. The summed E-state index contributed by atoms with van der Waals surface area (Å²) in [5.74, 6) is 0.803. The molecule has 0 aliphatic rings. The van der Waals surface area contributed by atoms with Gasteiger partial charge in [-0.3, -0.25) is 9.59 Å². The molecule has 0 aliphatic heterocycles. The van der Waals surface area contributed by atoms with Crippen LogP contribution in [-0.4, -0.2) is 29.8 Å². The van der Waals surface area contributed by atoms with E-state index in [0.717, 1.165) is 0 Å². The highest BCUT2D eigenvalue weighted by molar-refractivity contribution is 6.04. The number of benzene rings is 1. The molecule has 1 aromatic carbocycles. The molecule has 1 heterocycles. The lowest BCUT2D eigenvalue weighted by atomic mass is 10.0. The van der Waals surface area contributed by atoms with Crippen LogP contribution in [0.25, 0.3) is 0 Å². The van der Waals surface area contributed by atoms with E-state index in [0.29, 0.717) is 34.0 Å². The van der Waals surface area contributed by atoms with E-state index in [2.05, 4.69) is 4.98 Å². The summed E-state index contributed by atoms with van der Waals surface area (Å²) in [6.45, 7) is 6.72. The lowest BCUT2D eigenvalue weighted by Crippen LogP contribution is -2.25. The molecule has 5 heteroatoms. The van der Waals surface area contributed by atoms with E-state index in [1.807, 2.05) is 12.1 Å². The maximum absolute atomic E-state index is 12.6. The minimum atomic E-state index is -0.706. The van der Waals surface area contributed by atoms with E-state index >= 15 is 0 Å². The van der Waals surface area contributed by atoms with Crippen molar-refractivity contribution in [2.45, 2.75) is 33.8 Å². The van der Waals surface area contributed by atoms with E-state index in [1.54, 1.807) is 40.0 Å². The van der Waals surface area contributed by atoms with Gasteiger partial charge in [0.25, 0.3) is 0 Å². The first-order valence-electron chi connectivity index (χ1n) is 7.40. The fourth-order valence-electron chi connectivity index (χ4n) is 2.69. The molecule has 1 atom stereocenters. The summed E-state index contributed by atoms with van der Waals surface area (Å²) in [4.78, 5) is 27.3. The standard InChI is InChI=1S/C18H21NO4/c1-10-16(12(3)20)11(2)19-17(10)18(21)13(4)23-15-9-7-6-8-14(15)22-5/h6-9,13,19H,1-5H3/t13-/m0/s1. The molecule has 2 aromatic rings. The van der Waals surface area contributed by atoms with Crippen LogP contribution in [0.4, 0.5) is 0 Å². The number of ketones is 2. The Balaban J connectivity index is 2.27. The molecule has 0 bridgehead atoms. The number of hydrogen-bond acceptors (Lipinski definition) is 4. The Kier molecular flexibility index (Phi) is 4.89. The number of Topliss-reactive ketones (excluding diaryl/α,β-unsaturated/α-hetero) is 2. The van der Waals surface area contributed by atoms with Crippen LogP contribution < -0.4 is 9.47 Å². The molecule has 0 unspecified atom stereocenters. The first-order valence-corrected chi connectivity index (χ1v) is 7.40. The van der Waals surface area contributed by atoms with Gasteiger partial charge in [0.15, 0.2) is 23.4 Å². The van der Waals surface area contributed by atoms with Gasteiger partial charge in [-0.2, -0.15) is 0 Å². The van der Waals surface area contributed by atoms with Gasteiger partial charge >= 0.3 is 0 Å². The lowest BCUT2D eigenvalue weighted by Gasteiger charge is -2.15. The minimum absolute atomic E-state index is 0.0615. The van der Waals surface area contributed by atoms with E-state index in [-0.39, 0.29) is 11.6 Å². The molecule has 0 amide bonds. The number of ether oxygens (including phenoxy) is 2. The van der Waals surface area contributed by atoms with Gasteiger partial charge in [-0.15, -0.1) is 0 Å². The quantitative estimate of drug-likeness (QED) is 0.829. The molecule has 122 valence electrons. The predicted octanol–water partition coefficient (Wildman–Crippen LogP) is 3.49. The Morgan fingerprint density at radius 3 is 2.26 bits per heavy atom. The molecule has 0 aliphatic carbocycles. The largest absolute Gasteiger partial charge is 0.493 e. The van der Waals surface area contributed by atoms with Gasteiger partial charge in [-0.05, 0) is 45.4 Å². The number of methoxy groups -OCH3 is 1. The first-order chi connectivity index (χ1) is 10.9. The van der Waals surface area contributed by atoms with Crippen molar-refractivity contribution in [2.75, 3.05) is 7.11 Å². The molecule has 0 saturated heterocycles. The zero-order valence-corrected chi connectivity index (χ0v) is 14.0. The number of carbonyl (C=O) groups is 2. The van der Waals surface area contributed by atoms with Gasteiger partial charge in [0.2, 0.25) is 5.78 Å². The Labute approximate surface area is 135 Å². The molecule has 1 aromatic heterocycles. The molecule has 0 fully saturated rings. The number of rotatable bonds is 6. The van der Waals surface area contributed by atoms with Crippen molar-refractivity contribution in [3.8, 4) is 11.5 Å². The summed E-state index contributed by atoms with van der Waals surface area (Å²) in [6.07, 6.45) is -0.706. The summed E-state index contributed by atoms with van der Waals surface area (Å²) >= 11 is 0. The second-order valence-corrected chi connectivity index (χ2v) is 5.46. The van der Waals surface area contributed by atoms with Crippen molar-refractivity contribution in [1.82, 2.24) is 4.98 Å².